The molecule has 0 aliphatic rings. The Labute approximate surface area is 394 Å². The Kier molecular flexibility index (Phi) is 44.4. The van der Waals surface area contributed by atoms with Gasteiger partial charge in [0.15, 0.2) is 12.1 Å². The number of ether oxygens (including phenoxy) is 3. The maximum atomic E-state index is 12.8. The maximum Gasteiger partial charge on any atom is 0.362 e. The first-order chi connectivity index (χ1) is 31.1. The van der Waals surface area contributed by atoms with Gasteiger partial charge in [-0.1, -0.05) is 190 Å². The number of likely N-dealkylation sites (N-methyl/N-ethyl adjacent to an activating group) is 1. The monoisotopic (exact) mass is 899 g/mol. The van der Waals surface area contributed by atoms with Gasteiger partial charge < -0.3 is 23.8 Å². The zero-order valence-corrected chi connectivity index (χ0v) is 42.2. The van der Waals surface area contributed by atoms with Crippen molar-refractivity contribution in [3.63, 3.8) is 0 Å². The third-order valence-corrected chi connectivity index (χ3v) is 11.7. The van der Waals surface area contributed by atoms with Crippen molar-refractivity contribution >= 4 is 17.9 Å². The minimum absolute atomic E-state index is 0.0561. The molecule has 0 aromatic rings. The fourth-order valence-electron chi connectivity index (χ4n) is 7.61. The van der Waals surface area contributed by atoms with Crippen molar-refractivity contribution in [3.8, 4) is 0 Å². The predicted octanol–water partition coefficient (Wildman–Crippen LogP) is 15.3. The summed E-state index contributed by atoms with van der Waals surface area (Å²) in [6, 6.07) is -0.619. The van der Waals surface area contributed by atoms with Gasteiger partial charge in [0.25, 0.3) is 0 Å². The largest absolute Gasteiger partial charge is 0.477 e. The van der Waals surface area contributed by atoms with E-state index in [2.05, 4.69) is 74.6 Å². The summed E-state index contributed by atoms with van der Waals surface area (Å²) in [5.74, 6) is -1.47. The molecule has 0 saturated heterocycles. The summed E-state index contributed by atoms with van der Waals surface area (Å²) in [4.78, 5) is 37.2. The summed E-state index contributed by atoms with van der Waals surface area (Å²) in [6.07, 6.45) is 58.4. The molecule has 370 valence electrons. The van der Waals surface area contributed by atoms with Crippen LogP contribution in [-0.2, 0) is 28.6 Å². The van der Waals surface area contributed by atoms with Crippen molar-refractivity contribution in [2.45, 2.75) is 238 Å². The lowest BCUT2D eigenvalue weighted by Gasteiger charge is -2.31. The summed E-state index contributed by atoms with van der Waals surface area (Å²) in [6.45, 7) is 4.63. The summed E-state index contributed by atoms with van der Waals surface area (Å²) >= 11 is 0. The summed E-state index contributed by atoms with van der Waals surface area (Å²) in [5, 5.41) is 9.66. The SMILES string of the molecule is CC/C=C\C/C=C\C/C=C\C/C=C\CCCCCCCCCCC(=O)OC(COCCC(C(=O)O)[N+](C)(C)C)COC(=O)CCCCCCCCCCC/C=C\CCCCCCCC. The van der Waals surface area contributed by atoms with Crippen molar-refractivity contribution < 1.29 is 38.2 Å². The lowest BCUT2D eigenvalue weighted by Crippen LogP contribution is -2.50. The Morgan fingerprint density at radius 3 is 1.31 bits per heavy atom. The molecular weight excluding hydrogens is 799 g/mol. The molecular formula is C56H100NO7+. The van der Waals surface area contributed by atoms with E-state index in [4.69, 9.17) is 14.2 Å². The highest BCUT2D eigenvalue weighted by atomic mass is 16.6. The molecule has 0 aliphatic heterocycles. The van der Waals surface area contributed by atoms with Gasteiger partial charge in [0.05, 0.1) is 34.4 Å². The van der Waals surface area contributed by atoms with Gasteiger partial charge in [-0.15, -0.1) is 0 Å². The van der Waals surface area contributed by atoms with Crippen LogP contribution in [-0.4, -0.2) is 80.6 Å². The molecule has 0 aromatic heterocycles. The number of unbranched alkanes of at least 4 members (excludes halogenated alkanes) is 23. The number of carbonyl (C=O) groups excluding carboxylic acids is 2. The number of quaternary nitrogens is 1. The molecule has 0 amide bonds. The number of nitrogens with zero attached hydrogens (tertiary/aromatic N) is 1. The molecule has 0 aromatic carbocycles. The fraction of sp³-hybridized carbons (Fsp3) is 0.768. The predicted molar refractivity (Wildman–Crippen MR) is 271 cm³/mol. The number of allylic oxidation sites excluding steroid dienone is 10. The zero-order chi connectivity index (χ0) is 47.0. The van der Waals surface area contributed by atoms with Gasteiger partial charge in [-0.2, -0.15) is 0 Å². The van der Waals surface area contributed by atoms with E-state index in [1.165, 1.54) is 122 Å². The van der Waals surface area contributed by atoms with Crippen LogP contribution in [0, 0.1) is 0 Å². The van der Waals surface area contributed by atoms with Crippen molar-refractivity contribution in [2.24, 2.45) is 0 Å². The smallest absolute Gasteiger partial charge is 0.362 e. The fourth-order valence-corrected chi connectivity index (χ4v) is 7.61. The second kappa shape index (κ2) is 46.6. The third-order valence-electron chi connectivity index (χ3n) is 11.7. The van der Waals surface area contributed by atoms with E-state index >= 15 is 0 Å². The Balaban J connectivity index is 4.25. The van der Waals surface area contributed by atoms with Gasteiger partial charge in [0.1, 0.15) is 6.61 Å². The van der Waals surface area contributed by atoms with Crippen molar-refractivity contribution in [2.75, 3.05) is 41.0 Å². The number of rotatable bonds is 47. The van der Waals surface area contributed by atoms with Crippen molar-refractivity contribution in [3.05, 3.63) is 60.8 Å². The van der Waals surface area contributed by atoms with Crippen LogP contribution in [0.3, 0.4) is 0 Å². The molecule has 0 bridgehead atoms. The van der Waals surface area contributed by atoms with E-state index in [1.807, 2.05) is 21.1 Å². The Bertz CT molecular complexity index is 1230. The van der Waals surface area contributed by atoms with E-state index in [1.54, 1.807) is 0 Å². The molecule has 2 unspecified atom stereocenters. The Morgan fingerprint density at radius 1 is 0.484 bits per heavy atom. The van der Waals surface area contributed by atoms with Gasteiger partial charge >= 0.3 is 17.9 Å². The van der Waals surface area contributed by atoms with Crippen molar-refractivity contribution in [1.82, 2.24) is 0 Å². The molecule has 0 rings (SSSR count). The zero-order valence-electron chi connectivity index (χ0n) is 42.2. The highest BCUT2D eigenvalue weighted by Crippen LogP contribution is 2.15. The summed E-state index contributed by atoms with van der Waals surface area (Å²) in [7, 11) is 5.53. The number of aliphatic carboxylic acids is 1. The topological polar surface area (TPSA) is 99.1 Å². The summed E-state index contributed by atoms with van der Waals surface area (Å²) < 4.78 is 17.4. The number of carbonyl (C=O) groups is 3. The van der Waals surface area contributed by atoms with E-state index < -0.39 is 18.1 Å². The van der Waals surface area contributed by atoms with Gasteiger partial charge in [0, 0.05) is 19.3 Å². The second-order valence-corrected chi connectivity index (χ2v) is 18.7. The number of hydrogen-bond donors (Lipinski definition) is 1. The van der Waals surface area contributed by atoms with Crippen LogP contribution in [0.15, 0.2) is 60.8 Å². The third kappa shape index (κ3) is 44.2. The van der Waals surface area contributed by atoms with Gasteiger partial charge in [-0.3, -0.25) is 9.59 Å². The highest BCUT2D eigenvalue weighted by molar-refractivity contribution is 5.72. The van der Waals surface area contributed by atoms with Crippen LogP contribution in [0.4, 0.5) is 0 Å². The lowest BCUT2D eigenvalue weighted by atomic mass is 10.1. The molecule has 0 radical (unpaired) electrons. The maximum absolute atomic E-state index is 12.8. The molecule has 0 aliphatic carbocycles. The Hall–Kier alpha value is -2.97. The van der Waals surface area contributed by atoms with Crippen LogP contribution >= 0.6 is 0 Å². The molecule has 0 heterocycles. The molecule has 0 saturated carbocycles. The van der Waals surface area contributed by atoms with Crippen LogP contribution in [0.25, 0.3) is 0 Å². The molecule has 2 atom stereocenters. The van der Waals surface area contributed by atoms with Gasteiger partial charge in [-0.05, 0) is 77.0 Å². The summed E-state index contributed by atoms with van der Waals surface area (Å²) in [5.41, 5.74) is 0. The van der Waals surface area contributed by atoms with E-state index in [9.17, 15) is 19.5 Å². The van der Waals surface area contributed by atoms with Crippen LogP contribution in [0.5, 0.6) is 0 Å². The molecule has 8 nitrogen and oxygen atoms in total. The minimum Gasteiger partial charge on any atom is -0.477 e. The number of carboxylic acids is 1. The van der Waals surface area contributed by atoms with Gasteiger partial charge in [-0.25, -0.2) is 4.79 Å². The normalized spacial score (nSPS) is 13.3. The highest BCUT2D eigenvalue weighted by Gasteiger charge is 2.31. The standard InChI is InChI=1S/C56H99NO7/c1-6-8-10-12-14-16-18-20-22-24-26-27-29-31-33-35-37-39-41-43-45-47-55(59)64-52(50-62-49-48-53(56(60)61)57(3,4)5)51-63-54(58)46-44-42-40-38-36-34-32-30-28-25-23-21-19-17-15-13-11-9-7-2/h8,10,14,16,20-23,26-27,52-53H,6-7,9,11-13,15,17-19,24-25,28-51H2,1-5H3/p+1/b10-8-,16-14-,22-20-,23-21-,27-26-. The first-order valence-corrected chi connectivity index (χ1v) is 26.3. The first kappa shape index (κ1) is 61.0. The van der Waals surface area contributed by atoms with E-state index in [0.29, 0.717) is 19.3 Å². The molecule has 0 spiro atoms. The van der Waals surface area contributed by atoms with Crippen molar-refractivity contribution in [1.29, 1.82) is 0 Å². The van der Waals surface area contributed by atoms with E-state index in [0.717, 1.165) is 70.6 Å². The van der Waals surface area contributed by atoms with E-state index in [-0.39, 0.29) is 36.2 Å². The lowest BCUT2D eigenvalue weighted by molar-refractivity contribution is -0.887. The quantitative estimate of drug-likeness (QED) is 0.0281. The molecule has 64 heavy (non-hydrogen) atoms. The van der Waals surface area contributed by atoms with Crippen LogP contribution < -0.4 is 0 Å². The minimum atomic E-state index is -0.876. The molecule has 8 heteroatoms. The Morgan fingerprint density at radius 2 is 0.875 bits per heavy atom. The van der Waals surface area contributed by atoms with Crippen LogP contribution in [0.1, 0.15) is 226 Å². The van der Waals surface area contributed by atoms with Gasteiger partial charge in [0.2, 0.25) is 0 Å². The number of hydrogen-bond acceptors (Lipinski definition) is 6. The first-order valence-electron chi connectivity index (χ1n) is 26.3. The average Bonchev–Trinajstić information content (AvgIpc) is 3.26. The second-order valence-electron chi connectivity index (χ2n) is 18.7. The molecule has 1 N–H and O–H groups in total. The number of carboxylic acid groups (broad SMARTS) is 1. The number of esters is 2. The average molecular weight is 899 g/mol. The molecule has 0 fully saturated rings. The van der Waals surface area contributed by atoms with Crippen LogP contribution in [0.2, 0.25) is 0 Å².